The van der Waals surface area contributed by atoms with Crippen molar-refractivity contribution in [1.29, 1.82) is 0 Å². The van der Waals surface area contributed by atoms with Crippen molar-refractivity contribution in [2.45, 2.75) is 526 Å². The van der Waals surface area contributed by atoms with Crippen LogP contribution in [0.4, 0.5) is 0 Å². The molecular formula is C113H224. The largest absolute Gasteiger partial charge is 0.0885 e. The molecule has 0 nitrogen and oxygen atoms in total. The zero-order chi connectivity index (χ0) is 91.0. The summed E-state index contributed by atoms with van der Waals surface area (Å²) in [5, 5.41) is 0. The van der Waals surface area contributed by atoms with Gasteiger partial charge in [-0.1, -0.05) is 450 Å². The van der Waals surface area contributed by atoms with Crippen LogP contribution in [0.3, 0.4) is 0 Å². The van der Waals surface area contributed by atoms with Gasteiger partial charge in [0.2, 0.25) is 0 Å². The maximum atomic E-state index is 2.51. The number of rotatable bonds is 28. The van der Waals surface area contributed by atoms with E-state index < -0.39 is 0 Å². The molecule has 0 aliphatic heterocycles. The Kier molecular flexibility index (Phi) is 62.1. The number of hydrogen-bond donors (Lipinski definition) is 0. The highest BCUT2D eigenvalue weighted by molar-refractivity contribution is 5.14. The number of unbranched alkanes of at least 4 members (excludes halogenated alkanes) is 5. The van der Waals surface area contributed by atoms with Crippen LogP contribution in [0.2, 0.25) is 0 Å². The van der Waals surface area contributed by atoms with Crippen LogP contribution in [-0.4, -0.2) is 0 Å². The molecule has 1 saturated carbocycles. The smallest absolute Gasteiger partial charge is 0.00691 e. The summed E-state index contributed by atoms with van der Waals surface area (Å²) >= 11 is 0. The van der Waals surface area contributed by atoms with E-state index in [1.807, 2.05) is 0 Å². The second-order valence-corrected chi connectivity index (χ2v) is 54.5. The third kappa shape index (κ3) is 112. The zero-order valence-corrected chi connectivity index (χ0v) is 88.9. The summed E-state index contributed by atoms with van der Waals surface area (Å²) in [5.41, 5.74) is 8.10. The summed E-state index contributed by atoms with van der Waals surface area (Å²) < 4.78 is 0. The van der Waals surface area contributed by atoms with E-state index >= 15 is 0 Å². The van der Waals surface area contributed by atoms with Crippen molar-refractivity contribution < 1.29 is 0 Å². The minimum absolute atomic E-state index is 0.333. The standard InChI is InChI=1S/C16H30.C16H32.C15H30.C14H28.4C13H26/c1-14(2,3)10-8-7-9-11-16(12-13-16)15(4,5)6;1-14(2,3)12-10-9-11-13-16(7,8)15(4,5)6;1-13(15(5,6)7)11-9-8-10-12-14(2,3)4;1-13(2,3)11-9-7-8-10-12-14(4,5)6;4*1-12(2,3)10-8-7-9-11-13(4,5)6/h9,11H,7-8,10,12-13H2,1-6H3;10,12H,9,11,13H2,1-8H3;9,11,13H,8,10,12H2,1-7H3;7,9H,8,10-12H2,1-6H3;8,10H,7,9,11H2,1-6H3;3*7-8H,9-11H2,1-6H3/b11-9+;12-10+;11-9+;9-7+;10-8+;2*8-7+;8-7-/t;;13-;;;;;/m..0...../s1. The Balaban J connectivity index is -0.000000228. The molecule has 0 aromatic carbocycles. The Morgan fingerprint density at radius 2 is 0.451 bits per heavy atom. The highest BCUT2D eigenvalue weighted by Gasteiger charge is 2.49. The van der Waals surface area contributed by atoms with Gasteiger partial charge in [-0.05, 0) is 277 Å². The number of allylic oxidation sites excluding steroid dienone is 16. The van der Waals surface area contributed by atoms with E-state index in [9.17, 15) is 0 Å². The van der Waals surface area contributed by atoms with Crippen LogP contribution in [0.15, 0.2) is 97.2 Å². The van der Waals surface area contributed by atoms with Crippen LogP contribution in [0.1, 0.15) is 526 Å². The molecule has 0 N–H and O–H groups in total. The Morgan fingerprint density at radius 1 is 0.230 bits per heavy atom. The van der Waals surface area contributed by atoms with Crippen molar-refractivity contribution in [1.82, 2.24) is 0 Å². The maximum absolute atomic E-state index is 2.51. The van der Waals surface area contributed by atoms with Crippen LogP contribution in [0, 0.1) is 103 Å². The average molecular weight is 1580 g/mol. The van der Waals surface area contributed by atoms with Gasteiger partial charge >= 0.3 is 0 Å². The molecular weight excluding hydrogens is 1360 g/mol. The van der Waals surface area contributed by atoms with E-state index in [0.29, 0.717) is 103 Å². The van der Waals surface area contributed by atoms with E-state index in [-0.39, 0.29) is 0 Å². The Labute approximate surface area is 722 Å². The first-order chi connectivity index (χ1) is 49.8. The van der Waals surface area contributed by atoms with Gasteiger partial charge in [0.25, 0.3) is 0 Å². The fraction of sp³-hybridized carbons (Fsp3) is 0.858. The molecule has 1 atom stereocenters. The van der Waals surface area contributed by atoms with Crippen molar-refractivity contribution in [3.05, 3.63) is 97.2 Å². The molecule has 0 spiro atoms. The lowest BCUT2D eigenvalue weighted by Gasteiger charge is -2.39. The van der Waals surface area contributed by atoms with Crippen molar-refractivity contribution >= 4 is 0 Å². The van der Waals surface area contributed by atoms with E-state index in [0.717, 1.165) is 0 Å². The zero-order valence-electron chi connectivity index (χ0n) is 88.9. The molecule has 0 aromatic heterocycles. The molecule has 0 aromatic rings. The van der Waals surface area contributed by atoms with Gasteiger partial charge in [0.1, 0.15) is 0 Å². The summed E-state index contributed by atoms with van der Waals surface area (Å²) in [6, 6.07) is 0. The van der Waals surface area contributed by atoms with Gasteiger partial charge in [-0.2, -0.15) is 0 Å². The first kappa shape index (κ1) is 124. The molecule has 1 aliphatic carbocycles. The van der Waals surface area contributed by atoms with Crippen molar-refractivity contribution in [2.75, 3.05) is 0 Å². The lowest BCUT2D eigenvalue weighted by molar-refractivity contribution is 0.117. The normalized spacial score (nSPS) is 15.2. The van der Waals surface area contributed by atoms with Gasteiger partial charge in [0.15, 0.2) is 0 Å². The molecule has 0 bridgehead atoms. The van der Waals surface area contributed by atoms with Crippen LogP contribution in [0.5, 0.6) is 0 Å². The molecule has 0 amide bonds. The van der Waals surface area contributed by atoms with E-state index in [4.69, 9.17) is 0 Å². The molecule has 0 saturated heterocycles. The second kappa shape index (κ2) is 56.5. The summed E-state index contributed by atoms with van der Waals surface area (Å²) in [6.45, 7) is 117. The van der Waals surface area contributed by atoms with Crippen LogP contribution in [-0.2, 0) is 0 Å². The van der Waals surface area contributed by atoms with Crippen molar-refractivity contribution in [3.8, 4) is 0 Å². The predicted octanol–water partition coefficient (Wildman–Crippen LogP) is 41.3. The third-order valence-corrected chi connectivity index (χ3v) is 20.9. The van der Waals surface area contributed by atoms with E-state index in [2.05, 4.69) is 450 Å². The molecule has 676 valence electrons. The van der Waals surface area contributed by atoms with Crippen molar-refractivity contribution in [2.24, 2.45) is 103 Å². The van der Waals surface area contributed by atoms with Gasteiger partial charge < -0.3 is 0 Å². The molecule has 0 heterocycles. The minimum Gasteiger partial charge on any atom is -0.0885 e. The monoisotopic (exact) mass is 1580 g/mol. The fourth-order valence-corrected chi connectivity index (χ4v) is 10.9. The maximum Gasteiger partial charge on any atom is -0.00691 e. The van der Waals surface area contributed by atoms with Crippen molar-refractivity contribution in [3.63, 3.8) is 0 Å². The summed E-state index contributed by atoms with van der Waals surface area (Å²) in [6.07, 6.45) is 72.1. The quantitative estimate of drug-likeness (QED) is 0.0541. The highest BCUT2D eigenvalue weighted by atomic mass is 14.5. The van der Waals surface area contributed by atoms with Crippen LogP contribution >= 0.6 is 0 Å². The van der Waals surface area contributed by atoms with Gasteiger partial charge in [-0.15, -0.1) is 0 Å². The lowest BCUT2D eigenvalue weighted by atomic mass is 9.67. The summed E-state index contributed by atoms with van der Waals surface area (Å²) in [5.74, 6) is 0.673. The first-order valence-corrected chi connectivity index (χ1v) is 47.1. The molecule has 113 heavy (non-hydrogen) atoms. The Morgan fingerprint density at radius 3 is 0.655 bits per heavy atom. The molecule has 1 rings (SSSR count). The first-order valence-electron chi connectivity index (χ1n) is 47.1. The average Bonchev–Trinajstić information content (AvgIpc) is 1.61. The SMILES string of the molecule is CC(C)(C)/C=C/CCCC(C)(C)C.CC(C)(C)/C=C/CCCC(C)(C)C(C)(C)C.CC(C)(C)C/C=C/CCC(C)(C)C.CC(C)(C)C/C=C/CCC(C)(C)C.CC(C)(C)C/C=C/CCCC(C)(C)C.CC(C)(C)C/C=C\CCC(C)(C)C.CC(C)(C)CCC/C=C/C1(C(C)(C)C)CC1.C[C@@H](/C=C/CCCC(C)(C)C)C(C)(C)C. The predicted molar refractivity (Wildman–Crippen MR) is 534 cm³/mol. The lowest BCUT2D eigenvalue weighted by Crippen LogP contribution is -2.29. The second-order valence-electron chi connectivity index (χ2n) is 54.5. The summed E-state index contributed by atoms with van der Waals surface area (Å²) in [7, 11) is 0. The van der Waals surface area contributed by atoms with E-state index in [1.54, 1.807) is 0 Å². The molecule has 1 fully saturated rings. The van der Waals surface area contributed by atoms with Crippen LogP contribution < -0.4 is 0 Å². The van der Waals surface area contributed by atoms with E-state index in [1.165, 1.54) is 173 Å². The fourth-order valence-electron chi connectivity index (χ4n) is 10.9. The molecule has 0 radical (unpaired) electrons. The van der Waals surface area contributed by atoms with Gasteiger partial charge in [-0.3, -0.25) is 0 Å². The Hall–Kier alpha value is -2.08. The minimum atomic E-state index is 0.333. The Bertz CT molecular complexity index is 2370. The highest BCUT2D eigenvalue weighted by Crippen LogP contribution is 2.59. The number of hydrogen-bond acceptors (Lipinski definition) is 0. The van der Waals surface area contributed by atoms with Crippen LogP contribution in [0.25, 0.3) is 0 Å². The molecule has 0 heteroatoms. The summed E-state index contributed by atoms with van der Waals surface area (Å²) in [4.78, 5) is 0. The molecule has 1 aliphatic rings. The third-order valence-electron chi connectivity index (χ3n) is 20.9. The molecule has 0 unspecified atom stereocenters. The van der Waals surface area contributed by atoms with Gasteiger partial charge in [-0.25, -0.2) is 0 Å². The van der Waals surface area contributed by atoms with Gasteiger partial charge in [0.05, 0.1) is 0 Å². The topological polar surface area (TPSA) is 0 Å². The van der Waals surface area contributed by atoms with Gasteiger partial charge in [0, 0.05) is 0 Å².